The average molecular weight is 303 g/mol. The maximum Gasteiger partial charge on any atom is 0.295 e. The van der Waals surface area contributed by atoms with Gasteiger partial charge in [-0.2, -0.15) is 0 Å². The Morgan fingerprint density at radius 1 is 1.42 bits per heavy atom. The van der Waals surface area contributed by atoms with Gasteiger partial charge >= 0.3 is 0 Å². The van der Waals surface area contributed by atoms with Crippen LogP contribution in [0.25, 0.3) is 5.57 Å². The lowest BCUT2D eigenvalue weighted by molar-refractivity contribution is -0.385. The molecule has 0 saturated heterocycles. The molecule has 1 aromatic carbocycles. The van der Waals surface area contributed by atoms with E-state index in [1.54, 1.807) is 0 Å². The molecule has 100 valence electrons. The topological polar surface area (TPSA) is 81.5 Å². The molecule has 0 saturated carbocycles. The first-order valence-corrected chi connectivity index (χ1v) is 5.89. The van der Waals surface area contributed by atoms with Crippen LogP contribution >= 0.6 is 23.2 Å². The number of nitro benzene ring substituents is 1. The van der Waals surface area contributed by atoms with Crippen LogP contribution < -0.4 is 5.32 Å². The van der Waals surface area contributed by atoms with Gasteiger partial charge in [0.05, 0.1) is 10.5 Å². The molecule has 6 nitrogen and oxygen atoms in total. The zero-order valence-electron chi connectivity index (χ0n) is 9.65. The lowest BCUT2D eigenvalue weighted by atomic mass is 10.0. The third-order valence-corrected chi connectivity index (χ3v) is 3.34. The molecule has 8 heteroatoms. The van der Waals surface area contributed by atoms with E-state index in [-0.39, 0.29) is 26.9 Å². The van der Waals surface area contributed by atoms with Crippen LogP contribution in [0.2, 0.25) is 5.02 Å². The minimum absolute atomic E-state index is 0.0336. The van der Waals surface area contributed by atoms with Gasteiger partial charge in [0.15, 0.2) is 6.23 Å². The zero-order valence-corrected chi connectivity index (χ0v) is 11.2. The van der Waals surface area contributed by atoms with Gasteiger partial charge in [-0.25, -0.2) is 0 Å². The number of hydrogen-bond acceptors (Lipinski definition) is 4. The third kappa shape index (κ3) is 2.30. The van der Waals surface area contributed by atoms with Crippen LogP contribution in [-0.4, -0.2) is 24.2 Å². The molecular weight excluding hydrogens is 295 g/mol. The Morgan fingerprint density at radius 3 is 2.68 bits per heavy atom. The molecule has 1 heterocycles. The lowest BCUT2D eigenvalue weighted by Crippen LogP contribution is -2.29. The van der Waals surface area contributed by atoms with Crippen molar-refractivity contribution < 1.29 is 14.5 Å². The number of methoxy groups -OCH3 is 1. The Balaban J connectivity index is 2.68. The normalized spacial score (nSPS) is 18.7. The summed E-state index contributed by atoms with van der Waals surface area (Å²) in [6, 6.07) is 4.40. The van der Waals surface area contributed by atoms with E-state index in [0.717, 1.165) is 0 Å². The van der Waals surface area contributed by atoms with E-state index in [1.807, 2.05) is 0 Å². The number of ether oxygens (including phenoxy) is 1. The van der Waals surface area contributed by atoms with Crippen LogP contribution in [-0.2, 0) is 9.53 Å². The van der Waals surface area contributed by atoms with Crippen LogP contribution in [0.3, 0.4) is 0 Å². The van der Waals surface area contributed by atoms with Crippen molar-refractivity contribution in [3.63, 3.8) is 0 Å². The summed E-state index contributed by atoms with van der Waals surface area (Å²) in [5.74, 6) is -0.544. The predicted molar refractivity (Wildman–Crippen MR) is 69.8 cm³/mol. The molecule has 1 N–H and O–H groups in total. The summed E-state index contributed by atoms with van der Waals surface area (Å²) in [4.78, 5) is 22.0. The minimum Gasteiger partial charge on any atom is -0.357 e. The molecule has 0 aromatic heterocycles. The quantitative estimate of drug-likeness (QED) is 0.686. The highest BCUT2D eigenvalue weighted by atomic mass is 35.5. The highest BCUT2D eigenvalue weighted by Crippen LogP contribution is 2.38. The van der Waals surface area contributed by atoms with Gasteiger partial charge in [0.1, 0.15) is 10.1 Å². The zero-order chi connectivity index (χ0) is 14.2. The lowest BCUT2D eigenvalue weighted by Gasteiger charge is -2.13. The first-order valence-electron chi connectivity index (χ1n) is 5.14. The molecule has 1 aromatic rings. The van der Waals surface area contributed by atoms with E-state index in [2.05, 4.69) is 5.32 Å². The minimum atomic E-state index is -0.836. The molecule has 19 heavy (non-hydrogen) atoms. The summed E-state index contributed by atoms with van der Waals surface area (Å²) in [7, 11) is 1.36. The van der Waals surface area contributed by atoms with E-state index in [9.17, 15) is 14.9 Å². The van der Waals surface area contributed by atoms with Crippen LogP contribution in [0.15, 0.2) is 23.2 Å². The van der Waals surface area contributed by atoms with E-state index in [4.69, 9.17) is 27.9 Å². The van der Waals surface area contributed by atoms with Crippen molar-refractivity contribution in [3.8, 4) is 0 Å². The van der Waals surface area contributed by atoms with Crippen LogP contribution in [0, 0.1) is 10.1 Å². The van der Waals surface area contributed by atoms with Gasteiger partial charge in [-0.1, -0.05) is 29.3 Å². The largest absolute Gasteiger partial charge is 0.357 e. The molecule has 1 aliphatic heterocycles. The second-order valence-corrected chi connectivity index (χ2v) is 4.50. The number of nitrogens with one attached hydrogen (secondary N) is 1. The molecule has 0 unspecified atom stereocenters. The van der Waals surface area contributed by atoms with Crippen molar-refractivity contribution in [2.45, 2.75) is 6.23 Å². The van der Waals surface area contributed by atoms with Crippen molar-refractivity contribution in [1.82, 2.24) is 5.32 Å². The smallest absolute Gasteiger partial charge is 0.295 e. The maximum absolute atomic E-state index is 11.5. The van der Waals surface area contributed by atoms with Gasteiger partial charge in [-0.3, -0.25) is 14.9 Å². The molecule has 0 bridgehead atoms. The molecule has 2 rings (SSSR count). The number of halogens is 2. The summed E-state index contributed by atoms with van der Waals surface area (Å²) in [6.07, 6.45) is -0.836. The number of amides is 1. The molecule has 1 aliphatic rings. The number of nitrogens with zero attached hydrogens (tertiary/aromatic N) is 1. The predicted octanol–water partition coefficient (Wildman–Crippen LogP) is 2.30. The molecule has 0 fully saturated rings. The number of nitro groups is 1. The second-order valence-electron chi connectivity index (χ2n) is 3.71. The van der Waals surface area contributed by atoms with Gasteiger partial charge in [0.2, 0.25) is 0 Å². The second kappa shape index (κ2) is 5.16. The number of benzene rings is 1. The van der Waals surface area contributed by atoms with Gasteiger partial charge in [-0.15, -0.1) is 0 Å². The van der Waals surface area contributed by atoms with Crippen LogP contribution in [0.5, 0.6) is 0 Å². The maximum atomic E-state index is 11.5. The Hall–Kier alpha value is -1.63. The van der Waals surface area contributed by atoms with Crippen molar-refractivity contribution in [1.29, 1.82) is 0 Å². The monoisotopic (exact) mass is 302 g/mol. The molecule has 1 amide bonds. The number of para-hydroxylation sites is 1. The first-order chi connectivity index (χ1) is 8.97. The third-order valence-electron chi connectivity index (χ3n) is 2.66. The van der Waals surface area contributed by atoms with E-state index < -0.39 is 17.1 Å². The van der Waals surface area contributed by atoms with Gasteiger partial charge in [0, 0.05) is 12.7 Å². The van der Waals surface area contributed by atoms with Crippen molar-refractivity contribution >= 4 is 40.4 Å². The average Bonchev–Trinajstić information content (AvgIpc) is 2.64. The van der Waals surface area contributed by atoms with E-state index in [0.29, 0.717) is 0 Å². The summed E-state index contributed by atoms with van der Waals surface area (Å²) in [5, 5.41) is 13.4. The van der Waals surface area contributed by atoms with Crippen molar-refractivity contribution in [2.24, 2.45) is 0 Å². The Kier molecular flexibility index (Phi) is 3.75. The number of carbonyl (C=O) groups excluding carboxylic acids is 1. The van der Waals surface area contributed by atoms with Gasteiger partial charge < -0.3 is 10.1 Å². The van der Waals surface area contributed by atoms with Crippen molar-refractivity contribution in [3.05, 3.63) is 43.9 Å². The Morgan fingerprint density at radius 2 is 2.11 bits per heavy atom. The fourth-order valence-electron chi connectivity index (χ4n) is 1.85. The molecular formula is C11H8Cl2N2O4. The summed E-state index contributed by atoms with van der Waals surface area (Å²) in [5.41, 5.74) is 0.0620. The van der Waals surface area contributed by atoms with E-state index in [1.165, 1.54) is 25.3 Å². The number of hydrogen-bond donors (Lipinski definition) is 1. The van der Waals surface area contributed by atoms with Gasteiger partial charge in [-0.05, 0) is 12.1 Å². The fraction of sp³-hybridized carbons (Fsp3) is 0.182. The molecule has 0 spiro atoms. The van der Waals surface area contributed by atoms with Crippen LogP contribution in [0.4, 0.5) is 5.69 Å². The first kappa shape index (κ1) is 13.8. The summed E-state index contributed by atoms with van der Waals surface area (Å²) >= 11 is 11.7. The summed E-state index contributed by atoms with van der Waals surface area (Å²) in [6.45, 7) is 0. The molecule has 0 aliphatic carbocycles. The number of rotatable bonds is 3. The standard InChI is InChI=1S/C11H8Cl2N2O4/c1-19-11-7(8(13)10(16)14-11)5-3-2-4-6(12)9(5)15(17)18/h2-4,11H,1H3,(H,14,16)/t11-/m0/s1. The van der Waals surface area contributed by atoms with Gasteiger partial charge in [0.25, 0.3) is 11.6 Å². The summed E-state index contributed by atoms with van der Waals surface area (Å²) < 4.78 is 5.05. The van der Waals surface area contributed by atoms with Crippen LogP contribution in [0.1, 0.15) is 5.56 Å². The molecule has 1 atom stereocenters. The highest BCUT2D eigenvalue weighted by Gasteiger charge is 2.35. The fourth-order valence-corrected chi connectivity index (χ4v) is 2.35. The Labute approximate surface area is 118 Å². The Bertz CT molecular complexity index is 600. The SMILES string of the molecule is CO[C@@H]1NC(=O)C(Cl)=C1c1cccc(Cl)c1[N+](=O)[O-]. The highest BCUT2D eigenvalue weighted by molar-refractivity contribution is 6.47. The van der Waals surface area contributed by atoms with Crippen molar-refractivity contribution in [2.75, 3.05) is 7.11 Å². The number of carbonyl (C=O) groups is 1. The van der Waals surface area contributed by atoms with E-state index >= 15 is 0 Å². The molecule has 0 radical (unpaired) electrons.